The van der Waals surface area contributed by atoms with Gasteiger partial charge in [0.1, 0.15) is 11.8 Å². The summed E-state index contributed by atoms with van der Waals surface area (Å²) in [5, 5.41) is 11.8. The lowest BCUT2D eigenvalue weighted by atomic mass is 10.1. The molecular weight excluding hydrogens is 224 g/mol. The molecule has 0 aromatic heterocycles. The standard InChI is InChI=1S/C15H18N2O/c1-3-4-5-11-17-13(2)14-6-8-15(9-7-14)18-12-10-16/h6-9,13,17H,5,11-12H2,1-2H3. The highest BCUT2D eigenvalue weighted by molar-refractivity contribution is 5.29. The van der Waals surface area contributed by atoms with Crippen molar-refractivity contribution < 1.29 is 4.74 Å². The van der Waals surface area contributed by atoms with Crippen LogP contribution in [0.1, 0.15) is 31.9 Å². The van der Waals surface area contributed by atoms with Crippen LogP contribution in [0.15, 0.2) is 24.3 Å². The van der Waals surface area contributed by atoms with E-state index in [0.29, 0.717) is 0 Å². The summed E-state index contributed by atoms with van der Waals surface area (Å²) in [6.07, 6.45) is 0.865. The maximum atomic E-state index is 8.42. The first-order valence-corrected chi connectivity index (χ1v) is 6.00. The number of ether oxygens (including phenoxy) is 1. The van der Waals surface area contributed by atoms with Crippen molar-refractivity contribution in [3.8, 4) is 23.7 Å². The van der Waals surface area contributed by atoms with E-state index >= 15 is 0 Å². The van der Waals surface area contributed by atoms with Crippen molar-refractivity contribution in [3.05, 3.63) is 29.8 Å². The van der Waals surface area contributed by atoms with E-state index in [1.165, 1.54) is 5.56 Å². The Morgan fingerprint density at radius 1 is 1.33 bits per heavy atom. The molecule has 1 aromatic carbocycles. The largest absolute Gasteiger partial charge is 0.479 e. The average Bonchev–Trinajstić information content (AvgIpc) is 2.41. The van der Waals surface area contributed by atoms with Gasteiger partial charge in [0.2, 0.25) is 0 Å². The molecule has 94 valence electrons. The third-order valence-electron chi connectivity index (χ3n) is 2.56. The molecule has 1 N–H and O–H groups in total. The van der Waals surface area contributed by atoms with Gasteiger partial charge in [-0.25, -0.2) is 0 Å². The number of hydrogen-bond acceptors (Lipinski definition) is 3. The average molecular weight is 242 g/mol. The van der Waals surface area contributed by atoms with Crippen LogP contribution in [-0.2, 0) is 0 Å². The van der Waals surface area contributed by atoms with E-state index in [1.807, 2.05) is 37.3 Å². The van der Waals surface area contributed by atoms with E-state index in [2.05, 4.69) is 24.1 Å². The predicted molar refractivity (Wildman–Crippen MR) is 72.0 cm³/mol. The summed E-state index contributed by atoms with van der Waals surface area (Å²) in [6, 6.07) is 10.0. The molecule has 1 rings (SSSR count). The van der Waals surface area contributed by atoms with Gasteiger partial charge >= 0.3 is 0 Å². The van der Waals surface area contributed by atoms with E-state index in [1.54, 1.807) is 0 Å². The summed E-state index contributed by atoms with van der Waals surface area (Å²) in [5.41, 5.74) is 1.20. The van der Waals surface area contributed by atoms with Gasteiger partial charge in [-0.15, -0.1) is 11.8 Å². The zero-order chi connectivity index (χ0) is 13.2. The molecule has 0 radical (unpaired) electrons. The lowest BCUT2D eigenvalue weighted by Crippen LogP contribution is -2.19. The fourth-order valence-corrected chi connectivity index (χ4v) is 1.56. The molecule has 3 heteroatoms. The Balaban J connectivity index is 2.45. The molecule has 0 aliphatic rings. The second kappa shape index (κ2) is 8.17. The van der Waals surface area contributed by atoms with Gasteiger partial charge in [-0.05, 0) is 31.5 Å². The molecule has 1 aromatic rings. The van der Waals surface area contributed by atoms with Crippen LogP contribution in [0.5, 0.6) is 5.75 Å². The minimum absolute atomic E-state index is 0.0861. The first-order valence-electron chi connectivity index (χ1n) is 6.00. The molecule has 3 nitrogen and oxygen atoms in total. The molecular formula is C15H18N2O. The van der Waals surface area contributed by atoms with Crippen molar-refractivity contribution in [2.75, 3.05) is 13.2 Å². The van der Waals surface area contributed by atoms with Gasteiger partial charge < -0.3 is 10.1 Å². The van der Waals surface area contributed by atoms with Crippen molar-refractivity contribution in [1.29, 1.82) is 5.26 Å². The number of benzene rings is 1. The zero-order valence-electron chi connectivity index (χ0n) is 10.9. The Labute approximate surface area is 109 Å². The van der Waals surface area contributed by atoms with Crippen molar-refractivity contribution in [2.45, 2.75) is 26.3 Å². The highest BCUT2D eigenvalue weighted by atomic mass is 16.5. The topological polar surface area (TPSA) is 45.0 Å². The Morgan fingerprint density at radius 2 is 2.06 bits per heavy atom. The third kappa shape index (κ3) is 4.91. The number of nitrogens with one attached hydrogen (secondary N) is 1. The maximum Gasteiger partial charge on any atom is 0.174 e. The first kappa shape index (κ1) is 14.1. The van der Waals surface area contributed by atoms with Gasteiger partial charge in [0.25, 0.3) is 0 Å². The maximum absolute atomic E-state index is 8.42. The third-order valence-corrected chi connectivity index (χ3v) is 2.56. The Kier molecular flexibility index (Phi) is 6.40. The molecule has 1 atom stereocenters. The van der Waals surface area contributed by atoms with Crippen LogP contribution in [0.3, 0.4) is 0 Å². The van der Waals surface area contributed by atoms with Crippen molar-refractivity contribution in [3.63, 3.8) is 0 Å². The van der Waals surface area contributed by atoms with Crippen LogP contribution in [0.2, 0.25) is 0 Å². The Hall–Kier alpha value is -1.97. The van der Waals surface area contributed by atoms with E-state index in [0.717, 1.165) is 18.7 Å². The molecule has 1 unspecified atom stereocenters. The van der Waals surface area contributed by atoms with Gasteiger partial charge in [0, 0.05) is 19.0 Å². The summed E-state index contributed by atoms with van der Waals surface area (Å²) in [6.45, 7) is 4.94. The SMILES string of the molecule is CC#CCCNC(C)c1ccc(OCC#N)cc1. The molecule has 0 saturated carbocycles. The fraction of sp³-hybridized carbons (Fsp3) is 0.400. The number of nitriles is 1. The van der Waals surface area contributed by atoms with E-state index < -0.39 is 0 Å². The quantitative estimate of drug-likeness (QED) is 0.616. The van der Waals surface area contributed by atoms with Gasteiger partial charge in [0.15, 0.2) is 6.61 Å². The normalized spacial score (nSPS) is 10.9. The van der Waals surface area contributed by atoms with Crippen LogP contribution < -0.4 is 10.1 Å². The first-order chi connectivity index (χ1) is 8.77. The van der Waals surface area contributed by atoms with Crippen molar-refractivity contribution in [1.82, 2.24) is 5.32 Å². The van der Waals surface area contributed by atoms with Crippen LogP contribution in [-0.4, -0.2) is 13.2 Å². The molecule has 0 saturated heterocycles. The van der Waals surface area contributed by atoms with Crippen molar-refractivity contribution >= 4 is 0 Å². The lowest BCUT2D eigenvalue weighted by Gasteiger charge is -2.13. The zero-order valence-corrected chi connectivity index (χ0v) is 10.9. The summed E-state index contributed by atoms with van der Waals surface area (Å²) in [4.78, 5) is 0. The predicted octanol–water partition coefficient (Wildman–Crippen LogP) is 2.65. The summed E-state index contributed by atoms with van der Waals surface area (Å²) < 4.78 is 5.20. The van der Waals surface area contributed by atoms with Gasteiger partial charge in [0.05, 0.1) is 0 Å². The monoisotopic (exact) mass is 242 g/mol. The van der Waals surface area contributed by atoms with Gasteiger partial charge in [-0.3, -0.25) is 0 Å². The minimum atomic E-state index is 0.0861. The molecule has 0 aliphatic heterocycles. The Bertz CT molecular complexity index is 448. The molecule has 18 heavy (non-hydrogen) atoms. The Morgan fingerprint density at radius 3 is 2.67 bits per heavy atom. The second-order valence-corrected chi connectivity index (χ2v) is 3.87. The minimum Gasteiger partial charge on any atom is -0.479 e. The van der Waals surface area contributed by atoms with Crippen LogP contribution in [0.25, 0.3) is 0 Å². The number of nitrogens with zero attached hydrogens (tertiary/aromatic N) is 1. The van der Waals surface area contributed by atoms with Crippen molar-refractivity contribution in [2.24, 2.45) is 0 Å². The molecule has 0 heterocycles. The van der Waals surface area contributed by atoms with E-state index in [9.17, 15) is 0 Å². The van der Waals surface area contributed by atoms with E-state index in [4.69, 9.17) is 10.00 Å². The fourth-order valence-electron chi connectivity index (χ4n) is 1.56. The lowest BCUT2D eigenvalue weighted by molar-refractivity contribution is 0.368. The number of hydrogen-bond donors (Lipinski definition) is 1. The summed E-state index contributed by atoms with van der Waals surface area (Å²) in [5.74, 6) is 6.63. The van der Waals surface area contributed by atoms with Gasteiger partial charge in [-0.1, -0.05) is 12.1 Å². The van der Waals surface area contributed by atoms with Crippen LogP contribution >= 0.6 is 0 Å². The molecule has 0 amide bonds. The molecule has 0 bridgehead atoms. The van der Waals surface area contributed by atoms with Gasteiger partial charge in [-0.2, -0.15) is 5.26 Å². The highest BCUT2D eigenvalue weighted by Crippen LogP contribution is 2.17. The second-order valence-electron chi connectivity index (χ2n) is 3.87. The van der Waals surface area contributed by atoms with Crippen LogP contribution in [0, 0.1) is 23.2 Å². The van der Waals surface area contributed by atoms with Crippen LogP contribution in [0.4, 0.5) is 0 Å². The molecule has 0 fully saturated rings. The van der Waals surface area contributed by atoms with E-state index in [-0.39, 0.29) is 12.6 Å². The summed E-state index contributed by atoms with van der Waals surface area (Å²) >= 11 is 0. The highest BCUT2D eigenvalue weighted by Gasteiger charge is 2.03. The molecule has 0 spiro atoms. The summed E-state index contributed by atoms with van der Waals surface area (Å²) in [7, 11) is 0. The smallest absolute Gasteiger partial charge is 0.174 e. The molecule has 0 aliphatic carbocycles. The number of rotatable bonds is 6.